The molecule has 2 N–H and O–H groups in total. The van der Waals surface area contributed by atoms with Crippen molar-refractivity contribution >= 4 is 38.9 Å². The Kier molecular flexibility index (Phi) is 2.79. The third kappa shape index (κ3) is 1.72. The Hall–Kier alpha value is -0.360. The molecule has 1 unspecified atom stereocenters. The highest BCUT2D eigenvalue weighted by Crippen LogP contribution is 2.38. The predicted molar refractivity (Wildman–Crippen MR) is 69.2 cm³/mol. The third-order valence-electron chi connectivity index (χ3n) is 2.70. The van der Waals surface area contributed by atoms with Crippen molar-refractivity contribution in [2.24, 2.45) is 0 Å². The SMILES string of the molecule is Clc1sc(C2NCCc3[nH]cnc32)cc1Br. The van der Waals surface area contributed by atoms with Gasteiger partial charge in [0.05, 0.1) is 18.1 Å². The van der Waals surface area contributed by atoms with Gasteiger partial charge in [0, 0.05) is 28.0 Å². The molecule has 0 fully saturated rings. The first-order valence-corrected chi connectivity index (χ1v) is 6.94. The standard InChI is InChI=1S/C10H9BrClN3S/c11-5-3-7(16-10(5)12)9-8-6(1-2-13-9)14-4-15-8/h3-4,9,13H,1-2H2,(H,14,15). The summed E-state index contributed by atoms with van der Waals surface area (Å²) in [6.07, 6.45) is 2.76. The fraction of sp³-hybridized carbons (Fsp3) is 0.300. The molecule has 0 amide bonds. The molecule has 6 heteroatoms. The second kappa shape index (κ2) is 4.14. The number of aromatic amines is 1. The maximum absolute atomic E-state index is 6.07. The molecular weight excluding hydrogens is 310 g/mol. The van der Waals surface area contributed by atoms with Crippen LogP contribution >= 0.6 is 38.9 Å². The molecule has 1 aliphatic rings. The number of hydrogen-bond acceptors (Lipinski definition) is 3. The van der Waals surface area contributed by atoms with Crippen LogP contribution in [0.5, 0.6) is 0 Å². The Balaban J connectivity index is 2.03. The number of imidazole rings is 1. The van der Waals surface area contributed by atoms with E-state index in [0.29, 0.717) is 0 Å². The number of thiophene rings is 1. The quantitative estimate of drug-likeness (QED) is 0.848. The van der Waals surface area contributed by atoms with Crippen LogP contribution in [-0.4, -0.2) is 16.5 Å². The summed E-state index contributed by atoms with van der Waals surface area (Å²) in [6.45, 7) is 0.965. The molecular formula is C10H9BrClN3S. The van der Waals surface area contributed by atoms with E-state index in [2.05, 4.69) is 37.3 Å². The molecule has 0 saturated heterocycles. The first-order chi connectivity index (χ1) is 7.75. The predicted octanol–water partition coefficient (Wildman–Crippen LogP) is 3.12. The summed E-state index contributed by atoms with van der Waals surface area (Å²) in [4.78, 5) is 8.77. The highest BCUT2D eigenvalue weighted by atomic mass is 79.9. The van der Waals surface area contributed by atoms with Crippen LogP contribution in [-0.2, 0) is 6.42 Å². The molecule has 0 bridgehead atoms. The van der Waals surface area contributed by atoms with Crippen LogP contribution < -0.4 is 5.32 Å². The Morgan fingerprint density at radius 1 is 1.56 bits per heavy atom. The lowest BCUT2D eigenvalue weighted by Crippen LogP contribution is -2.30. The van der Waals surface area contributed by atoms with Crippen LogP contribution in [0.1, 0.15) is 22.3 Å². The molecule has 1 atom stereocenters. The molecule has 0 aromatic carbocycles. The zero-order valence-electron chi connectivity index (χ0n) is 8.26. The summed E-state index contributed by atoms with van der Waals surface area (Å²) in [6, 6.07) is 2.23. The number of fused-ring (bicyclic) bond motifs is 1. The van der Waals surface area contributed by atoms with Crippen LogP contribution in [0.2, 0.25) is 4.34 Å². The van der Waals surface area contributed by atoms with Crippen molar-refractivity contribution in [3.63, 3.8) is 0 Å². The van der Waals surface area contributed by atoms with E-state index in [0.717, 1.165) is 27.5 Å². The molecule has 3 heterocycles. The van der Waals surface area contributed by atoms with E-state index < -0.39 is 0 Å². The van der Waals surface area contributed by atoms with E-state index >= 15 is 0 Å². The monoisotopic (exact) mass is 317 g/mol. The summed E-state index contributed by atoms with van der Waals surface area (Å²) < 4.78 is 1.75. The van der Waals surface area contributed by atoms with E-state index in [9.17, 15) is 0 Å². The maximum Gasteiger partial charge on any atom is 0.107 e. The molecule has 84 valence electrons. The largest absolute Gasteiger partial charge is 0.348 e. The fourth-order valence-corrected chi connectivity index (χ4v) is 3.78. The zero-order valence-corrected chi connectivity index (χ0v) is 11.4. The smallest absolute Gasteiger partial charge is 0.107 e. The van der Waals surface area contributed by atoms with Crippen LogP contribution in [0.3, 0.4) is 0 Å². The topological polar surface area (TPSA) is 40.7 Å². The molecule has 16 heavy (non-hydrogen) atoms. The highest BCUT2D eigenvalue weighted by Gasteiger charge is 2.25. The van der Waals surface area contributed by atoms with Crippen molar-refractivity contribution in [3.05, 3.63) is 37.5 Å². The summed E-state index contributed by atoms with van der Waals surface area (Å²) in [5.74, 6) is 0. The number of halogens is 2. The van der Waals surface area contributed by atoms with Crippen LogP contribution in [0.4, 0.5) is 0 Å². The van der Waals surface area contributed by atoms with E-state index in [-0.39, 0.29) is 6.04 Å². The lowest BCUT2D eigenvalue weighted by Gasteiger charge is -2.21. The second-order valence-electron chi connectivity index (χ2n) is 3.67. The van der Waals surface area contributed by atoms with Crippen molar-refractivity contribution < 1.29 is 0 Å². The van der Waals surface area contributed by atoms with Gasteiger partial charge < -0.3 is 10.3 Å². The molecule has 0 aliphatic carbocycles. The molecule has 0 spiro atoms. The van der Waals surface area contributed by atoms with Gasteiger partial charge >= 0.3 is 0 Å². The Bertz CT molecular complexity index is 502. The minimum absolute atomic E-state index is 0.170. The molecule has 2 aromatic rings. The van der Waals surface area contributed by atoms with E-state index in [1.54, 1.807) is 17.7 Å². The number of aromatic nitrogens is 2. The van der Waals surface area contributed by atoms with Gasteiger partial charge in [0.25, 0.3) is 0 Å². The van der Waals surface area contributed by atoms with Gasteiger partial charge in [0.2, 0.25) is 0 Å². The first-order valence-electron chi connectivity index (χ1n) is 4.96. The Labute approximate surface area is 110 Å². The number of hydrogen-bond donors (Lipinski definition) is 2. The molecule has 0 radical (unpaired) electrons. The van der Waals surface area contributed by atoms with Crippen molar-refractivity contribution in [1.29, 1.82) is 0 Å². The van der Waals surface area contributed by atoms with Gasteiger partial charge in [-0.1, -0.05) is 11.6 Å². The summed E-state index contributed by atoms with van der Waals surface area (Å²) in [5.41, 5.74) is 2.32. The molecule has 3 nitrogen and oxygen atoms in total. The van der Waals surface area contributed by atoms with E-state index in [1.165, 1.54) is 10.6 Å². The fourth-order valence-electron chi connectivity index (χ4n) is 1.96. The Morgan fingerprint density at radius 2 is 2.44 bits per heavy atom. The lowest BCUT2D eigenvalue weighted by atomic mass is 10.0. The van der Waals surface area contributed by atoms with Gasteiger partial charge in [0.15, 0.2) is 0 Å². The van der Waals surface area contributed by atoms with Gasteiger partial charge in [-0.05, 0) is 22.0 Å². The third-order valence-corrected chi connectivity index (χ3v) is 5.24. The van der Waals surface area contributed by atoms with Crippen molar-refractivity contribution in [3.8, 4) is 0 Å². The Morgan fingerprint density at radius 3 is 3.19 bits per heavy atom. The second-order valence-corrected chi connectivity index (χ2v) is 6.21. The minimum atomic E-state index is 0.170. The molecule has 1 aliphatic heterocycles. The number of H-pyrrole nitrogens is 1. The van der Waals surface area contributed by atoms with Gasteiger partial charge in [-0.2, -0.15) is 0 Å². The first kappa shape index (κ1) is 10.8. The van der Waals surface area contributed by atoms with Gasteiger partial charge in [-0.3, -0.25) is 0 Å². The van der Waals surface area contributed by atoms with Crippen molar-refractivity contribution in [1.82, 2.24) is 15.3 Å². The normalized spacial score (nSPS) is 19.8. The van der Waals surface area contributed by atoms with Crippen molar-refractivity contribution in [2.75, 3.05) is 6.54 Å². The highest BCUT2D eigenvalue weighted by molar-refractivity contribution is 9.10. The summed E-state index contributed by atoms with van der Waals surface area (Å²) in [5, 5.41) is 3.47. The number of nitrogens with zero attached hydrogens (tertiary/aromatic N) is 1. The molecule has 0 saturated carbocycles. The summed E-state index contributed by atoms with van der Waals surface area (Å²) >= 11 is 11.1. The number of nitrogens with one attached hydrogen (secondary N) is 2. The lowest BCUT2D eigenvalue weighted by molar-refractivity contribution is 0.560. The van der Waals surface area contributed by atoms with E-state index in [4.69, 9.17) is 11.6 Å². The zero-order chi connectivity index (χ0) is 11.1. The van der Waals surface area contributed by atoms with Gasteiger partial charge in [-0.15, -0.1) is 11.3 Å². The summed E-state index contributed by atoms with van der Waals surface area (Å²) in [7, 11) is 0. The van der Waals surface area contributed by atoms with Gasteiger partial charge in [-0.25, -0.2) is 4.98 Å². The van der Waals surface area contributed by atoms with E-state index in [1.807, 2.05) is 0 Å². The maximum atomic E-state index is 6.07. The average molecular weight is 319 g/mol. The van der Waals surface area contributed by atoms with Gasteiger partial charge in [0.1, 0.15) is 4.34 Å². The van der Waals surface area contributed by atoms with Crippen LogP contribution in [0.15, 0.2) is 16.9 Å². The van der Waals surface area contributed by atoms with Crippen LogP contribution in [0.25, 0.3) is 0 Å². The van der Waals surface area contributed by atoms with Crippen molar-refractivity contribution in [2.45, 2.75) is 12.5 Å². The minimum Gasteiger partial charge on any atom is -0.348 e. The molecule has 2 aromatic heterocycles. The number of rotatable bonds is 1. The van der Waals surface area contributed by atoms with Crippen LogP contribution in [0, 0.1) is 0 Å². The molecule has 3 rings (SSSR count). The average Bonchev–Trinajstić information content (AvgIpc) is 2.85.